The van der Waals surface area contributed by atoms with Gasteiger partial charge in [-0.1, -0.05) is 26.8 Å². The van der Waals surface area contributed by atoms with Crippen molar-refractivity contribution in [3.05, 3.63) is 39.5 Å². The highest BCUT2D eigenvalue weighted by Gasteiger charge is 2.42. The van der Waals surface area contributed by atoms with Gasteiger partial charge in [0.15, 0.2) is 0 Å². The Morgan fingerprint density at radius 2 is 2.03 bits per heavy atom. The molecular formula is C23H33O5Si. The molecule has 1 aromatic rings. The lowest BCUT2D eigenvalue weighted by atomic mass is 9.76. The van der Waals surface area contributed by atoms with Crippen molar-refractivity contribution in [1.29, 1.82) is 0 Å². The number of hydrogen-bond donors (Lipinski definition) is 1. The third-order valence-electron chi connectivity index (χ3n) is 5.69. The molecule has 6 heteroatoms. The zero-order chi connectivity index (χ0) is 21.5. The normalized spacial score (nSPS) is 20.0. The lowest BCUT2D eigenvalue weighted by Gasteiger charge is -2.29. The van der Waals surface area contributed by atoms with Crippen LogP contribution in [0.3, 0.4) is 0 Å². The molecule has 3 rings (SSSR count). The lowest BCUT2D eigenvalue weighted by molar-refractivity contribution is -0.0398. The van der Waals surface area contributed by atoms with Crippen LogP contribution in [0.1, 0.15) is 78.9 Å². The van der Waals surface area contributed by atoms with Crippen LogP contribution in [-0.2, 0) is 21.0 Å². The Labute approximate surface area is 175 Å². The van der Waals surface area contributed by atoms with Crippen LogP contribution >= 0.6 is 0 Å². The van der Waals surface area contributed by atoms with Crippen molar-refractivity contribution in [3.63, 3.8) is 0 Å². The summed E-state index contributed by atoms with van der Waals surface area (Å²) in [5.41, 5.74) is 4.77. The number of benzene rings is 1. The van der Waals surface area contributed by atoms with Crippen molar-refractivity contribution < 1.29 is 23.8 Å². The number of aliphatic hydroxyl groups is 1. The first-order valence-electron chi connectivity index (χ1n) is 10.3. The maximum Gasteiger partial charge on any atom is 0.341 e. The summed E-state index contributed by atoms with van der Waals surface area (Å²) < 4.78 is 17.5. The molecule has 0 fully saturated rings. The first-order chi connectivity index (χ1) is 13.6. The lowest BCUT2D eigenvalue weighted by Crippen LogP contribution is -2.24. The molecule has 1 aromatic carbocycles. The molecule has 0 amide bonds. The maximum absolute atomic E-state index is 13.0. The number of rotatable bonds is 6. The highest BCUT2D eigenvalue weighted by molar-refractivity contribution is 6.48. The van der Waals surface area contributed by atoms with Gasteiger partial charge in [-0.2, -0.15) is 0 Å². The Morgan fingerprint density at radius 3 is 2.55 bits per heavy atom. The number of fused-ring (bicyclic) bond motifs is 1. The van der Waals surface area contributed by atoms with E-state index in [1.54, 1.807) is 7.11 Å². The monoisotopic (exact) mass is 417 g/mol. The third kappa shape index (κ3) is 4.16. The van der Waals surface area contributed by atoms with Gasteiger partial charge in [0.25, 0.3) is 0 Å². The van der Waals surface area contributed by atoms with Gasteiger partial charge >= 0.3 is 5.97 Å². The fourth-order valence-corrected chi connectivity index (χ4v) is 5.17. The van der Waals surface area contributed by atoms with Gasteiger partial charge in [0, 0.05) is 23.1 Å². The van der Waals surface area contributed by atoms with Gasteiger partial charge in [-0.25, -0.2) is 4.79 Å². The van der Waals surface area contributed by atoms with Gasteiger partial charge in [-0.05, 0) is 55.8 Å². The molecule has 1 aliphatic heterocycles. The van der Waals surface area contributed by atoms with Crippen molar-refractivity contribution in [2.24, 2.45) is 0 Å². The van der Waals surface area contributed by atoms with Gasteiger partial charge in [-0.3, -0.25) is 0 Å². The zero-order valence-electron chi connectivity index (χ0n) is 18.6. The second-order valence-corrected chi connectivity index (χ2v) is 11.3. The molecule has 5 nitrogen and oxygen atoms in total. The van der Waals surface area contributed by atoms with E-state index in [0.29, 0.717) is 12.0 Å². The van der Waals surface area contributed by atoms with Gasteiger partial charge in [0.2, 0.25) is 15.3 Å². The zero-order valence-corrected chi connectivity index (χ0v) is 19.6. The van der Waals surface area contributed by atoms with E-state index in [-0.39, 0.29) is 11.4 Å². The van der Waals surface area contributed by atoms with Gasteiger partial charge in [-0.15, -0.1) is 0 Å². The van der Waals surface area contributed by atoms with Crippen LogP contribution in [-0.4, -0.2) is 33.3 Å². The van der Waals surface area contributed by atoms with Crippen LogP contribution < -0.4 is 4.74 Å². The van der Waals surface area contributed by atoms with Crippen molar-refractivity contribution in [1.82, 2.24) is 0 Å². The number of carbonyl (C=O) groups is 1. The van der Waals surface area contributed by atoms with Crippen LogP contribution in [0.15, 0.2) is 11.6 Å². The number of cyclic esters (lactones) is 1. The highest BCUT2D eigenvalue weighted by atomic mass is 28.3. The fraction of sp³-hybridized carbons (Fsp3) is 0.609. The summed E-state index contributed by atoms with van der Waals surface area (Å²) in [6.07, 6.45) is 4.32. The molecule has 0 saturated heterocycles. The summed E-state index contributed by atoms with van der Waals surface area (Å²) in [5.74, 6) is 0.374. The first-order valence-corrected chi connectivity index (χ1v) is 12.8. The minimum absolute atomic E-state index is 0.329. The van der Waals surface area contributed by atoms with Crippen molar-refractivity contribution in [3.8, 4) is 5.75 Å². The Bertz CT molecular complexity index is 835. The Kier molecular flexibility index (Phi) is 6.27. The number of aliphatic hydroxyl groups excluding tert-OH is 1. The molecule has 0 bridgehead atoms. The Balaban J connectivity index is 2.22. The van der Waals surface area contributed by atoms with E-state index in [2.05, 4.69) is 26.8 Å². The predicted octanol–water partition coefficient (Wildman–Crippen LogP) is 4.75. The predicted molar refractivity (Wildman–Crippen MR) is 115 cm³/mol. The summed E-state index contributed by atoms with van der Waals surface area (Å²) in [7, 11) is 0.576. The summed E-state index contributed by atoms with van der Waals surface area (Å²) in [4.78, 5) is 13.0. The molecular weight excluding hydrogens is 384 g/mol. The molecule has 1 aliphatic carbocycles. The molecule has 2 atom stereocenters. The summed E-state index contributed by atoms with van der Waals surface area (Å²) >= 11 is 0. The Hall–Kier alpha value is -1.63. The molecule has 2 unspecified atom stereocenters. The Morgan fingerprint density at radius 1 is 1.34 bits per heavy atom. The van der Waals surface area contributed by atoms with Crippen LogP contribution in [0.4, 0.5) is 0 Å². The van der Waals surface area contributed by atoms with E-state index in [1.165, 1.54) is 0 Å². The quantitative estimate of drug-likeness (QED) is 0.411. The summed E-state index contributed by atoms with van der Waals surface area (Å²) in [6.45, 7) is 12.2. The largest absolute Gasteiger partial charge is 0.496 e. The molecule has 0 spiro atoms. The van der Waals surface area contributed by atoms with Crippen molar-refractivity contribution >= 4 is 15.0 Å². The number of carbonyl (C=O) groups excluding carboxylic acids is 1. The standard InChI is InChI=1S/C23H33O5Si/c1-13-17-18(21(25)27-22(17)28-29(6)7)19(23(2,3)4)15(20(13)26-5)12-16(24)14-10-8-9-11-14/h10,16,22,24H,8-9,11-12H2,1-7H3. The smallest absolute Gasteiger partial charge is 0.341 e. The third-order valence-corrected chi connectivity index (χ3v) is 6.38. The molecule has 159 valence electrons. The minimum atomic E-state index is -1.07. The molecule has 1 N–H and O–H groups in total. The topological polar surface area (TPSA) is 65.0 Å². The molecule has 0 aromatic heterocycles. The number of hydrogen-bond acceptors (Lipinski definition) is 5. The second kappa shape index (κ2) is 8.24. The highest BCUT2D eigenvalue weighted by Crippen LogP contribution is 2.47. The molecule has 29 heavy (non-hydrogen) atoms. The number of esters is 1. The molecule has 0 saturated carbocycles. The van der Waals surface area contributed by atoms with E-state index < -0.39 is 21.4 Å². The summed E-state index contributed by atoms with van der Waals surface area (Å²) in [5, 5.41) is 10.9. The maximum atomic E-state index is 13.0. The van der Waals surface area contributed by atoms with Crippen LogP contribution in [0.25, 0.3) is 0 Å². The molecule has 1 radical (unpaired) electrons. The number of allylic oxidation sites excluding steroid dienone is 1. The molecule has 2 aliphatic rings. The fourth-order valence-electron chi connectivity index (χ4n) is 4.58. The first kappa shape index (κ1) is 22.1. The van der Waals surface area contributed by atoms with E-state index in [1.807, 2.05) is 20.0 Å². The average Bonchev–Trinajstić information content (AvgIpc) is 3.23. The van der Waals surface area contributed by atoms with E-state index in [9.17, 15) is 9.90 Å². The van der Waals surface area contributed by atoms with Crippen molar-refractivity contribution in [2.75, 3.05) is 7.11 Å². The number of methoxy groups -OCH3 is 1. The van der Waals surface area contributed by atoms with Gasteiger partial charge < -0.3 is 19.0 Å². The van der Waals surface area contributed by atoms with Gasteiger partial charge in [0.1, 0.15) is 5.75 Å². The summed E-state index contributed by atoms with van der Waals surface area (Å²) in [6, 6.07) is 0. The van der Waals surface area contributed by atoms with Crippen LogP contribution in [0, 0.1) is 6.92 Å². The second-order valence-electron chi connectivity index (χ2n) is 9.21. The van der Waals surface area contributed by atoms with Crippen molar-refractivity contribution in [2.45, 2.75) is 84.3 Å². The minimum Gasteiger partial charge on any atom is -0.496 e. The van der Waals surface area contributed by atoms with E-state index in [4.69, 9.17) is 13.9 Å². The van der Waals surface area contributed by atoms with Crippen LogP contribution in [0.5, 0.6) is 5.75 Å². The van der Waals surface area contributed by atoms with Crippen LogP contribution in [0.2, 0.25) is 13.1 Å². The van der Waals surface area contributed by atoms with E-state index in [0.717, 1.165) is 52.8 Å². The molecule has 1 heterocycles. The SMILES string of the molecule is COc1c(C)c2c(c(C(C)(C)C)c1CC(O)C1=CCCC1)C(=O)OC2O[Si](C)C. The number of ether oxygens (including phenoxy) is 2. The average molecular weight is 418 g/mol. The van der Waals surface area contributed by atoms with Gasteiger partial charge in [0.05, 0.1) is 18.8 Å². The van der Waals surface area contributed by atoms with E-state index >= 15 is 0 Å².